The molecule has 0 aliphatic carbocycles. The van der Waals surface area contributed by atoms with Crippen molar-refractivity contribution in [3.63, 3.8) is 0 Å². The van der Waals surface area contributed by atoms with E-state index >= 15 is 0 Å². The largest absolute Gasteiger partial charge is 0.497 e. The maximum absolute atomic E-state index is 13.4. The fourth-order valence-electron chi connectivity index (χ4n) is 9.66. The molecule has 12 nitrogen and oxygen atoms in total. The van der Waals surface area contributed by atoms with Gasteiger partial charge in [-0.1, -0.05) is 146 Å². The molecule has 4 heterocycles. The highest BCUT2D eigenvalue weighted by Gasteiger charge is 2.62. The molecule has 330 valence electrons. The van der Waals surface area contributed by atoms with Gasteiger partial charge in [0, 0.05) is 5.56 Å². The molecule has 2 saturated heterocycles. The Hall–Kier alpha value is -5.07. The molecule has 14 heteroatoms. The second-order valence-electron chi connectivity index (χ2n) is 17.9. The first-order chi connectivity index (χ1) is 30.3. The van der Waals surface area contributed by atoms with E-state index < -0.39 is 47.1 Å². The maximum Gasteiger partial charge on any atom is 0.335 e. The molecule has 0 unspecified atom stereocenters. The van der Waals surface area contributed by atoms with E-state index in [4.69, 9.17) is 32.4 Å². The van der Waals surface area contributed by atoms with Gasteiger partial charge < -0.3 is 27.8 Å². The second-order valence-corrected chi connectivity index (χ2v) is 26.7. The van der Waals surface area contributed by atoms with Crippen molar-refractivity contribution >= 4 is 40.0 Å². The summed E-state index contributed by atoms with van der Waals surface area (Å²) >= 11 is 0. The van der Waals surface area contributed by atoms with Gasteiger partial charge in [0.1, 0.15) is 18.2 Å². The minimum atomic E-state index is -3.16. The molecule has 0 spiro atoms. The number of carbonyl (C=O) groups excluding carboxylic acids is 1. The van der Waals surface area contributed by atoms with E-state index in [1.54, 1.807) is 25.6 Å². The number of fused-ring (bicyclic) bond motifs is 2. The average Bonchev–Trinajstić information content (AvgIpc) is 3.86. The van der Waals surface area contributed by atoms with E-state index in [0.29, 0.717) is 22.5 Å². The summed E-state index contributed by atoms with van der Waals surface area (Å²) in [7, 11) is -4.40. The highest BCUT2D eigenvalue weighted by molar-refractivity contribution is 6.84. The fraction of sp³-hybridized carbons (Fsp3) is 0.388. The second kappa shape index (κ2) is 18.2. The zero-order valence-electron chi connectivity index (χ0n) is 37.7. The third-order valence-corrected chi connectivity index (χ3v) is 23.1. The highest BCUT2D eigenvalue weighted by atomic mass is 28.5. The average molecular weight is 885 g/mol. The van der Waals surface area contributed by atoms with Crippen LogP contribution in [0, 0.1) is 0 Å². The summed E-state index contributed by atoms with van der Waals surface area (Å²) in [5, 5.41) is 7.26. The number of hydrogen-bond donors (Lipinski definition) is 2. The fourth-order valence-corrected chi connectivity index (χ4v) is 20.9. The summed E-state index contributed by atoms with van der Waals surface area (Å²) < 4.78 is 37.9. The van der Waals surface area contributed by atoms with Crippen molar-refractivity contribution in [1.29, 1.82) is 0 Å². The molecule has 4 aromatic carbocycles. The normalized spacial score (nSPS) is 21.1. The van der Waals surface area contributed by atoms with Gasteiger partial charge in [-0.3, -0.25) is 14.7 Å². The number of benzene rings is 4. The van der Waals surface area contributed by atoms with E-state index in [1.165, 1.54) is 6.33 Å². The van der Waals surface area contributed by atoms with Crippen LogP contribution < -0.4 is 15.4 Å². The van der Waals surface area contributed by atoms with Crippen LogP contribution >= 0.6 is 0 Å². The molecule has 2 aromatic heterocycles. The Balaban J connectivity index is 1.35. The summed E-state index contributed by atoms with van der Waals surface area (Å²) in [6.07, 6.45) is 1.38. The van der Waals surface area contributed by atoms with Crippen LogP contribution in [-0.2, 0) is 23.2 Å². The van der Waals surface area contributed by atoms with Crippen molar-refractivity contribution in [2.75, 3.05) is 19.0 Å². The van der Waals surface area contributed by atoms with Gasteiger partial charge in [0.15, 0.2) is 23.2 Å². The predicted octanol–water partition coefficient (Wildman–Crippen LogP) is 9.89. The lowest BCUT2D eigenvalue weighted by atomic mass is 9.76. The molecule has 4 atom stereocenters. The molecular weight excluding hydrogens is 825 g/mol. The van der Waals surface area contributed by atoms with Crippen LogP contribution in [0.4, 0.5) is 5.82 Å². The van der Waals surface area contributed by atoms with Crippen LogP contribution in [-0.4, -0.2) is 74.5 Å². The summed E-state index contributed by atoms with van der Waals surface area (Å²) in [4.78, 5) is 27.6. The first kappa shape index (κ1) is 44.5. The molecule has 63 heavy (non-hydrogen) atoms. The van der Waals surface area contributed by atoms with E-state index in [2.05, 4.69) is 132 Å². The van der Waals surface area contributed by atoms with E-state index in [1.807, 2.05) is 47.0 Å². The molecule has 0 radical (unpaired) electrons. The molecular formula is C49H60N6O6Si2. The first-order valence-corrected chi connectivity index (χ1v) is 26.0. The Morgan fingerprint density at radius 2 is 1.29 bits per heavy atom. The van der Waals surface area contributed by atoms with Crippen molar-refractivity contribution in [2.24, 2.45) is 0 Å². The molecule has 2 aliphatic rings. The Morgan fingerprint density at radius 3 is 1.84 bits per heavy atom. The number of aromatic nitrogens is 4. The topological polar surface area (TPSA) is 131 Å². The number of nitrogens with zero attached hydrogens (tertiary/aromatic N) is 4. The van der Waals surface area contributed by atoms with Gasteiger partial charge in [-0.15, -0.1) is 0 Å². The number of carbonyl (C=O) groups is 1. The summed E-state index contributed by atoms with van der Waals surface area (Å²) in [6.45, 7) is 18.1. The molecule has 0 saturated carbocycles. The maximum atomic E-state index is 13.4. The number of ether oxygens (including phenoxy) is 2. The molecule has 2 aliphatic heterocycles. The van der Waals surface area contributed by atoms with Gasteiger partial charge in [-0.2, -0.15) is 0 Å². The molecule has 1 amide bonds. The zero-order valence-corrected chi connectivity index (χ0v) is 39.7. The minimum absolute atomic E-state index is 0.0797. The van der Waals surface area contributed by atoms with Crippen molar-refractivity contribution in [3.8, 4) is 5.75 Å². The van der Waals surface area contributed by atoms with Gasteiger partial charge in [-0.05, 0) is 63.1 Å². The van der Waals surface area contributed by atoms with Crippen LogP contribution in [0.2, 0.25) is 22.2 Å². The van der Waals surface area contributed by atoms with E-state index in [0.717, 1.165) is 22.4 Å². The Morgan fingerprint density at radius 1 is 0.730 bits per heavy atom. The van der Waals surface area contributed by atoms with E-state index in [9.17, 15) is 4.79 Å². The van der Waals surface area contributed by atoms with Crippen LogP contribution in [0.3, 0.4) is 0 Å². The van der Waals surface area contributed by atoms with Gasteiger partial charge in [-0.25, -0.2) is 15.0 Å². The predicted molar refractivity (Wildman–Crippen MR) is 250 cm³/mol. The Labute approximate surface area is 373 Å². The van der Waals surface area contributed by atoms with Crippen molar-refractivity contribution in [1.82, 2.24) is 24.8 Å². The third kappa shape index (κ3) is 8.07. The molecule has 2 fully saturated rings. The summed E-state index contributed by atoms with van der Waals surface area (Å²) in [6, 6.07) is 37.7. The minimum Gasteiger partial charge on any atom is -0.497 e. The van der Waals surface area contributed by atoms with Crippen LogP contribution in [0.25, 0.3) is 11.2 Å². The van der Waals surface area contributed by atoms with Crippen LogP contribution in [0.1, 0.15) is 88.7 Å². The summed E-state index contributed by atoms with van der Waals surface area (Å²) in [5.41, 5.74) is 4.00. The van der Waals surface area contributed by atoms with E-state index in [-0.39, 0.29) is 34.7 Å². The number of imidazole rings is 1. The molecule has 2 N–H and O–H groups in total. The van der Waals surface area contributed by atoms with Crippen LogP contribution in [0.5, 0.6) is 5.75 Å². The summed E-state index contributed by atoms with van der Waals surface area (Å²) in [5.74, 6) is 0.749. The lowest BCUT2D eigenvalue weighted by molar-refractivity contribution is -0.0548. The van der Waals surface area contributed by atoms with Gasteiger partial charge in [0.05, 0.1) is 37.7 Å². The highest BCUT2D eigenvalue weighted by Crippen LogP contribution is 2.50. The molecule has 6 aromatic rings. The standard InChI is InChI=1S/C49H60N6O6Si2/c1-32(2)62(33(3)4)58-29-41-44(60-63(61-62,34(5)6)35(7)8)42(48(59-41)55-31-52-43-45(50-30-51-46(43)55)53-47(56)36-19-13-10-14-20-36)54-49(37-21-15-11-16-22-37,38-23-17-12-18-24-38)39-25-27-40(57-9)28-26-39/h10-28,30-35,41-42,44,48,54H,29H2,1-9H3,(H,50,51,53,56)/t41-,42-,44-,48-/m1/s1. The Kier molecular flexibility index (Phi) is 12.9. The monoisotopic (exact) mass is 884 g/mol. The molecule has 0 bridgehead atoms. The smallest absolute Gasteiger partial charge is 0.335 e. The Bertz CT molecular complexity index is 2420. The number of rotatable bonds is 13. The zero-order chi connectivity index (χ0) is 44.5. The first-order valence-electron chi connectivity index (χ1n) is 22.1. The number of amides is 1. The molecule has 8 rings (SSSR count). The van der Waals surface area contributed by atoms with Gasteiger partial charge in [0.2, 0.25) is 0 Å². The third-order valence-electron chi connectivity index (χ3n) is 12.9. The SMILES string of the molecule is COc1ccc(C(N[C@@H]2[C@@H]3O[Si](C(C)C)(C(C)C)O[Si](C(C)C)(C(C)C)OC[C@H]3O[C@H]2n2cnc3c(NC(=O)c4ccccc4)ncnc32)(c2ccccc2)c2ccccc2)cc1. The van der Waals surface area contributed by atoms with Crippen LogP contribution in [0.15, 0.2) is 128 Å². The van der Waals surface area contributed by atoms with Gasteiger partial charge in [0.25, 0.3) is 5.91 Å². The lowest BCUT2D eigenvalue weighted by Crippen LogP contribution is -2.67. The number of nitrogens with one attached hydrogen (secondary N) is 2. The van der Waals surface area contributed by atoms with Crippen molar-refractivity contribution in [2.45, 2.75) is 108 Å². The number of methoxy groups -OCH3 is 1. The quantitative estimate of drug-likeness (QED) is 0.0854. The number of hydrogen-bond acceptors (Lipinski definition) is 10. The van der Waals surface area contributed by atoms with Crippen molar-refractivity contribution < 1.29 is 27.2 Å². The lowest BCUT2D eigenvalue weighted by Gasteiger charge is -2.52. The number of anilines is 1. The van der Waals surface area contributed by atoms with Crippen molar-refractivity contribution in [3.05, 3.63) is 150 Å². The van der Waals surface area contributed by atoms with Gasteiger partial charge >= 0.3 is 17.1 Å².